The highest BCUT2D eigenvalue weighted by atomic mass is 32.1. The number of amides is 1. The van der Waals surface area contributed by atoms with Crippen LogP contribution in [0, 0.1) is 5.82 Å². The van der Waals surface area contributed by atoms with Gasteiger partial charge < -0.3 is 5.32 Å². The summed E-state index contributed by atoms with van der Waals surface area (Å²) in [7, 11) is 0. The van der Waals surface area contributed by atoms with E-state index in [1.54, 1.807) is 24.3 Å². The molecule has 0 aliphatic rings. The quantitative estimate of drug-likeness (QED) is 0.511. The third-order valence-corrected chi connectivity index (χ3v) is 4.76. The highest BCUT2D eigenvalue weighted by molar-refractivity contribution is 7.14. The first kappa shape index (κ1) is 17.9. The number of halogens is 1. The second-order valence-electron chi connectivity index (χ2n) is 5.58. The highest BCUT2D eigenvalue weighted by Crippen LogP contribution is 2.24. The summed E-state index contributed by atoms with van der Waals surface area (Å²) in [6.45, 7) is 0.427. The number of nitrogens with zero attached hydrogens (tertiary/aromatic N) is 2. The number of aromatic nitrogens is 2. The fraction of sp³-hybridized carbons (Fsp3) is 0.158. The zero-order valence-corrected chi connectivity index (χ0v) is 14.6. The molecular formula is C19H16FN3O2S. The lowest BCUT2D eigenvalue weighted by Crippen LogP contribution is -2.25. The Balaban J connectivity index is 1.50. The first-order chi connectivity index (χ1) is 12.7. The van der Waals surface area contributed by atoms with Crippen molar-refractivity contribution in [2.75, 3.05) is 6.54 Å². The van der Waals surface area contributed by atoms with Crippen LogP contribution in [0.2, 0.25) is 0 Å². The van der Waals surface area contributed by atoms with E-state index in [9.17, 15) is 14.0 Å². The molecule has 1 heterocycles. The molecule has 3 rings (SSSR count). The van der Waals surface area contributed by atoms with Gasteiger partial charge in [-0.3, -0.25) is 9.59 Å². The molecule has 1 amide bonds. The average molecular weight is 369 g/mol. The van der Waals surface area contributed by atoms with Crippen molar-refractivity contribution in [1.29, 1.82) is 0 Å². The SMILES string of the molecule is O=Cc1ccc(-c2nnc(CCCNC(=O)c3ccccc3F)s2)cc1. The van der Waals surface area contributed by atoms with Gasteiger partial charge in [-0.05, 0) is 18.6 Å². The highest BCUT2D eigenvalue weighted by Gasteiger charge is 2.10. The normalized spacial score (nSPS) is 10.5. The molecule has 0 fully saturated rings. The number of benzene rings is 2. The van der Waals surface area contributed by atoms with Gasteiger partial charge in [0.15, 0.2) is 0 Å². The molecule has 1 aromatic heterocycles. The van der Waals surface area contributed by atoms with Crippen LogP contribution in [0.25, 0.3) is 10.6 Å². The standard InChI is InChI=1S/C19H16FN3O2S/c20-16-5-2-1-4-15(16)18(25)21-11-3-6-17-22-23-19(26-17)14-9-7-13(12-24)8-10-14/h1-2,4-5,7-10,12H,3,6,11H2,(H,21,25). The maximum absolute atomic E-state index is 13.5. The summed E-state index contributed by atoms with van der Waals surface area (Å²) in [5.74, 6) is -0.948. The topological polar surface area (TPSA) is 72.0 Å². The Morgan fingerprint density at radius 2 is 1.88 bits per heavy atom. The number of carbonyl (C=O) groups excluding carboxylic acids is 2. The van der Waals surface area contributed by atoms with Crippen LogP contribution >= 0.6 is 11.3 Å². The fourth-order valence-corrected chi connectivity index (χ4v) is 3.24. The molecule has 132 valence electrons. The fourth-order valence-electron chi connectivity index (χ4n) is 2.36. The molecule has 7 heteroatoms. The summed E-state index contributed by atoms with van der Waals surface area (Å²) >= 11 is 1.47. The number of hydrogen-bond acceptors (Lipinski definition) is 5. The first-order valence-electron chi connectivity index (χ1n) is 8.08. The second kappa shape index (κ2) is 8.44. The minimum Gasteiger partial charge on any atom is -0.352 e. The Kier molecular flexibility index (Phi) is 5.80. The average Bonchev–Trinajstić information content (AvgIpc) is 3.14. The van der Waals surface area contributed by atoms with E-state index >= 15 is 0 Å². The number of nitrogens with one attached hydrogen (secondary N) is 1. The number of carbonyl (C=O) groups is 2. The number of hydrogen-bond donors (Lipinski definition) is 1. The van der Waals surface area contributed by atoms with E-state index < -0.39 is 11.7 Å². The lowest BCUT2D eigenvalue weighted by Gasteiger charge is -2.05. The van der Waals surface area contributed by atoms with Crippen LogP contribution in [0.5, 0.6) is 0 Å². The molecule has 0 saturated heterocycles. The van der Waals surface area contributed by atoms with E-state index in [0.29, 0.717) is 24.9 Å². The summed E-state index contributed by atoms with van der Waals surface area (Å²) in [6.07, 6.45) is 2.14. The van der Waals surface area contributed by atoms with Crippen molar-refractivity contribution in [3.8, 4) is 10.6 Å². The number of rotatable bonds is 7. The van der Waals surface area contributed by atoms with Gasteiger partial charge in [-0.15, -0.1) is 10.2 Å². The minimum absolute atomic E-state index is 0.0458. The third-order valence-electron chi connectivity index (χ3n) is 3.73. The van der Waals surface area contributed by atoms with Crippen LogP contribution in [0.3, 0.4) is 0 Å². The zero-order valence-electron chi connectivity index (χ0n) is 13.8. The number of aryl methyl sites for hydroxylation is 1. The van der Waals surface area contributed by atoms with E-state index in [0.717, 1.165) is 21.9 Å². The van der Waals surface area contributed by atoms with Crippen molar-refractivity contribution < 1.29 is 14.0 Å². The van der Waals surface area contributed by atoms with Gasteiger partial charge >= 0.3 is 0 Å². The Morgan fingerprint density at radius 3 is 2.62 bits per heavy atom. The van der Waals surface area contributed by atoms with Crippen LogP contribution in [0.1, 0.15) is 32.1 Å². The molecule has 3 aromatic rings. The van der Waals surface area contributed by atoms with Crippen LogP contribution in [-0.4, -0.2) is 28.9 Å². The van der Waals surface area contributed by atoms with Gasteiger partial charge in [0.1, 0.15) is 22.1 Å². The summed E-state index contributed by atoms with van der Waals surface area (Å²) in [5.41, 5.74) is 1.57. The Morgan fingerprint density at radius 1 is 1.12 bits per heavy atom. The van der Waals surface area contributed by atoms with Gasteiger partial charge in [0.2, 0.25) is 0 Å². The van der Waals surface area contributed by atoms with Gasteiger partial charge in [0.25, 0.3) is 5.91 Å². The predicted molar refractivity (Wildman–Crippen MR) is 97.8 cm³/mol. The molecule has 5 nitrogen and oxygen atoms in total. The molecule has 0 spiro atoms. The van der Waals surface area contributed by atoms with Crippen LogP contribution in [0.15, 0.2) is 48.5 Å². The molecule has 0 bridgehead atoms. The molecular weight excluding hydrogens is 353 g/mol. The zero-order chi connectivity index (χ0) is 18.4. The summed E-state index contributed by atoms with van der Waals surface area (Å²) in [4.78, 5) is 22.6. The monoisotopic (exact) mass is 369 g/mol. The summed E-state index contributed by atoms with van der Waals surface area (Å²) in [6, 6.07) is 13.0. The molecule has 0 atom stereocenters. The lowest BCUT2D eigenvalue weighted by molar-refractivity contribution is 0.0949. The van der Waals surface area contributed by atoms with E-state index in [2.05, 4.69) is 15.5 Å². The van der Waals surface area contributed by atoms with Crippen molar-refractivity contribution in [2.24, 2.45) is 0 Å². The van der Waals surface area contributed by atoms with Gasteiger partial charge in [0.05, 0.1) is 5.56 Å². The van der Waals surface area contributed by atoms with E-state index in [1.165, 1.54) is 23.5 Å². The predicted octanol–water partition coefficient (Wildman–Crippen LogP) is 3.52. The smallest absolute Gasteiger partial charge is 0.254 e. The maximum Gasteiger partial charge on any atom is 0.254 e. The van der Waals surface area contributed by atoms with Crippen molar-refractivity contribution in [3.05, 3.63) is 70.5 Å². The van der Waals surface area contributed by atoms with Gasteiger partial charge in [-0.25, -0.2) is 4.39 Å². The first-order valence-corrected chi connectivity index (χ1v) is 8.90. The summed E-state index contributed by atoms with van der Waals surface area (Å²) in [5, 5.41) is 12.7. The van der Waals surface area contributed by atoms with Gasteiger partial charge in [-0.1, -0.05) is 47.7 Å². The Labute approximate surface area is 153 Å². The minimum atomic E-state index is -0.528. The molecule has 0 aliphatic heterocycles. The Hall–Kier alpha value is -2.93. The van der Waals surface area contributed by atoms with Crippen LogP contribution in [0.4, 0.5) is 4.39 Å². The molecule has 0 saturated carbocycles. The Bertz CT molecular complexity index is 909. The molecule has 26 heavy (non-hydrogen) atoms. The van der Waals surface area contributed by atoms with Crippen LogP contribution in [-0.2, 0) is 6.42 Å². The van der Waals surface area contributed by atoms with Crippen molar-refractivity contribution in [3.63, 3.8) is 0 Å². The molecule has 0 aliphatic carbocycles. The van der Waals surface area contributed by atoms with Gasteiger partial charge in [0, 0.05) is 24.1 Å². The van der Waals surface area contributed by atoms with Crippen molar-refractivity contribution >= 4 is 23.5 Å². The largest absolute Gasteiger partial charge is 0.352 e. The lowest BCUT2D eigenvalue weighted by atomic mass is 10.2. The molecule has 0 radical (unpaired) electrons. The van der Waals surface area contributed by atoms with E-state index in [-0.39, 0.29) is 5.56 Å². The number of aldehydes is 1. The molecule has 2 aromatic carbocycles. The molecule has 1 N–H and O–H groups in total. The van der Waals surface area contributed by atoms with Crippen LogP contribution < -0.4 is 5.32 Å². The van der Waals surface area contributed by atoms with Crippen molar-refractivity contribution in [1.82, 2.24) is 15.5 Å². The van der Waals surface area contributed by atoms with E-state index in [4.69, 9.17) is 0 Å². The molecule has 0 unspecified atom stereocenters. The van der Waals surface area contributed by atoms with E-state index in [1.807, 2.05) is 12.1 Å². The van der Waals surface area contributed by atoms with Gasteiger partial charge in [-0.2, -0.15) is 0 Å². The third kappa shape index (κ3) is 4.37. The van der Waals surface area contributed by atoms with Crippen molar-refractivity contribution in [2.45, 2.75) is 12.8 Å². The second-order valence-corrected chi connectivity index (χ2v) is 6.64. The summed E-state index contributed by atoms with van der Waals surface area (Å²) < 4.78 is 13.5. The maximum atomic E-state index is 13.5.